The van der Waals surface area contributed by atoms with Crippen molar-refractivity contribution in [2.45, 2.75) is 87.0 Å². The van der Waals surface area contributed by atoms with Crippen molar-refractivity contribution in [3.63, 3.8) is 0 Å². The van der Waals surface area contributed by atoms with Crippen LogP contribution < -0.4 is 4.74 Å². The summed E-state index contributed by atoms with van der Waals surface area (Å²) in [7, 11) is 0. The topological polar surface area (TPSA) is 46.5 Å². The quantitative estimate of drug-likeness (QED) is 0.335. The minimum Gasteiger partial charge on any atom is -0.508 e. The zero-order valence-corrected chi connectivity index (χ0v) is 21.5. The van der Waals surface area contributed by atoms with Crippen molar-refractivity contribution >= 4 is 5.97 Å². The average molecular weight is 439 g/mol. The van der Waals surface area contributed by atoms with Crippen LogP contribution in [0.25, 0.3) is 0 Å². The second kappa shape index (κ2) is 9.68. The van der Waals surface area contributed by atoms with E-state index in [-0.39, 0.29) is 22.2 Å². The number of phenols is 1. The van der Waals surface area contributed by atoms with Crippen molar-refractivity contribution in [3.05, 3.63) is 59.7 Å². The van der Waals surface area contributed by atoms with Gasteiger partial charge in [0.1, 0.15) is 11.5 Å². The van der Waals surface area contributed by atoms with Crippen molar-refractivity contribution in [2.75, 3.05) is 0 Å². The van der Waals surface area contributed by atoms with Crippen LogP contribution in [-0.2, 0) is 4.79 Å². The fourth-order valence-electron chi connectivity index (χ4n) is 4.43. The van der Waals surface area contributed by atoms with E-state index in [1.54, 1.807) is 19.1 Å². The van der Waals surface area contributed by atoms with Gasteiger partial charge in [-0.2, -0.15) is 0 Å². The van der Waals surface area contributed by atoms with E-state index < -0.39 is 0 Å². The van der Waals surface area contributed by atoms with Crippen molar-refractivity contribution in [3.8, 4) is 11.5 Å². The Morgan fingerprint density at radius 1 is 0.875 bits per heavy atom. The van der Waals surface area contributed by atoms with Crippen LogP contribution in [0.3, 0.4) is 0 Å². The standard InChI is InChI=1S/C29H42O3/c1-10-26(31)32-24-17-13-21(14-18-24)20(2)29(8,9)28(6,7)19-25(27(3,4)5)22-11-15-23(30)16-12-22/h11-18,20,25,30H,10,19H2,1-9H3. The molecule has 2 unspecified atom stereocenters. The van der Waals surface area contributed by atoms with Crippen molar-refractivity contribution in [2.24, 2.45) is 16.2 Å². The highest BCUT2D eigenvalue weighted by Gasteiger charge is 2.44. The van der Waals surface area contributed by atoms with Gasteiger partial charge in [0.05, 0.1) is 0 Å². The number of benzene rings is 2. The van der Waals surface area contributed by atoms with Gasteiger partial charge in [-0.05, 0) is 69.9 Å². The normalized spacial score (nSPS) is 14.7. The lowest BCUT2D eigenvalue weighted by atomic mass is 9.55. The average Bonchev–Trinajstić information content (AvgIpc) is 2.71. The van der Waals surface area contributed by atoms with Gasteiger partial charge in [0, 0.05) is 6.42 Å². The number of carbonyl (C=O) groups is 1. The molecule has 0 aliphatic heterocycles. The van der Waals surface area contributed by atoms with Crippen molar-refractivity contribution in [1.82, 2.24) is 0 Å². The van der Waals surface area contributed by atoms with Gasteiger partial charge in [-0.3, -0.25) is 4.79 Å². The summed E-state index contributed by atoms with van der Waals surface area (Å²) in [6.07, 6.45) is 1.40. The summed E-state index contributed by atoms with van der Waals surface area (Å²) < 4.78 is 5.34. The molecule has 0 aliphatic rings. The summed E-state index contributed by atoms with van der Waals surface area (Å²) in [5, 5.41) is 9.76. The van der Waals surface area contributed by atoms with Gasteiger partial charge in [0.25, 0.3) is 0 Å². The Hall–Kier alpha value is -2.29. The third-order valence-corrected chi connectivity index (χ3v) is 7.78. The first-order valence-corrected chi connectivity index (χ1v) is 11.8. The monoisotopic (exact) mass is 438 g/mol. The fraction of sp³-hybridized carbons (Fsp3) is 0.552. The molecule has 2 atom stereocenters. The molecular weight excluding hydrogens is 396 g/mol. The van der Waals surface area contributed by atoms with E-state index in [0.29, 0.717) is 29.8 Å². The first-order chi connectivity index (χ1) is 14.7. The number of hydrogen-bond donors (Lipinski definition) is 1. The molecule has 0 saturated heterocycles. The molecule has 2 aromatic rings. The van der Waals surface area contributed by atoms with Gasteiger partial charge < -0.3 is 9.84 Å². The van der Waals surface area contributed by atoms with E-state index in [4.69, 9.17) is 4.74 Å². The predicted molar refractivity (Wildman–Crippen MR) is 133 cm³/mol. The number of ether oxygens (including phenoxy) is 1. The summed E-state index contributed by atoms with van der Waals surface area (Å²) in [5.74, 6) is 1.37. The largest absolute Gasteiger partial charge is 0.508 e. The van der Waals surface area contributed by atoms with Gasteiger partial charge in [0.2, 0.25) is 0 Å². The third-order valence-electron chi connectivity index (χ3n) is 7.78. The molecular formula is C29H42O3. The second-order valence-electron chi connectivity index (χ2n) is 11.4. The van der Waals surface area contributed by atoms with Gasteiger partial charge in [-0.25, -0.2) is 0 Å². The smallest absolute Gasteiger partial charge is 0.310 e. The molecule has 0 spiro atoms. The molecule has 0 fully saturated rings. The zero-order valence-electron chi connectivity index (χ0n) is 21.5. The zero-order chi connectivity index (χ0) is 24.3. The Balaban J connectivity index is 2.29. The number of phenolic OH excluding ortho intramolecular Hbond substituents is 1. The third kappa shape index (κ3) is 5.94. The second-order valence-corrected chi connectivity index (χ2v) is 11.4. The molecule has 0 aliphatic carbocycles. The highest BCUT2D eigenvalue weighted by molar-refractivity contribution is 5.71. The van der Waals surface area contributed by atoms with E-state index in [1.165, 1.54) is 11.1 Å². The molecule has 3 heteroatoms. The number of rotatable bonds is 8. The van der Waals surface area contributed by atoms with Crippen LogP contribution in [0.2, 0.25) is 0 Å². The molecule has 2 aromatic carbocycles. The molecule has 0 heterocycles. The molecule has 0 aromatic heterocycles. The molecule has 0 bridgehead atoms. The number of esters is 1. The van der Waals surface area contributed by atoms with Crippen LogP contribution in [0.5, 0.6) is 11.5 Å². The summed E-state index contributed by atoms with van der Waals surface area (Å²) >= 11 is 0. The minimum atomic E-state index is -0.213. The first kappa shape index (κ1) is 26.0. The highest BCUT2D eigenvalue weighted by Crippen LogP contribution is 2.55. The van der Waals surface area contributed by atoms with E-state index in [1.807, 2.05) is 12.1 Å². The maximum atomic E-state index is 11.6. The van der Waals surface area contributed by atoms with E-state index in [2.05, 4.69) is 79.7 Å². The minimum absolute atomic E-state index is 0.00896. The van der Waals surface area contributed by atoms with Gasteiger partial charge in [-0.15, -0.1) is 0 Å². The summed E-state index contributed by atoms with van der Waals surface area (Å²) in [6, 6.07) is 15.7. The molecule has 2 rings (SSSR count). The molecule has 0 radical (unpaired) electrons. The summed E-state index contributed by atoms with van der Waals surface area (Å²) in [6.45, 7) is 20.5. The Labute approximate surface area is 195 Å². The van der Waals surface area contributed by atoms with Crippen LogP contribution in [0.4, 0.5) is 0 Å². The SMILES string of the molecule is CCC(=O)Oc1ccc(C(C)C(C)(C)C(C)(C)CC(c2ccc(O)cc2)C(C)(C)C)cc1. The maximum Gasteiger partial charge on any atom is 0.310 e. The van der Waals surface area contributed by atoms with E-state index in [0.717, 1.165) is 6.42 Å². The molecule has 176 valence electrons. The lowest BCUT2D eigenvalue weighted by molar-refractivity contribution is -0.134. The molecule has 0 amide bonds. The van der Waals surface area contributed by atoms with Crippen LogP contribution in [0, 0.1) is 16.2 Å². The molecule has 32 heavy (non-hydrogen) atoms. The summed E-state index contributed by atoms with van der Waals surface area (Å²) in [4.78, 5) is 11.6. The van der Waals surface area contributed by atoms with Crippen LogP contribution in [0.15, 0.2) is 48.5 Å². The van der Waals surface area contributed by atoms with Crippen LogP contribution in [0.1, 0.15) is 98.1 Å². The molecule has 3 nitrogen and oxygen atoms in total. The maximum absolute atomic E-state index is 11.6. The number of hydrogen-bond acceptors (Lipinski definition) is 3. The highest BCUT2D eigenvalue weighted by atomic mass is 16.5. The Morgan fingerprint density at radius 2 is 1.38 bits per heavy atom. The Morgan fingerprint density at radius 3 is 1.84 bits per heavy atom. The van der Waals surface area contributed by atoms with Gasteiger partial charge in [-0.1, -0.05) is 86.6 Å². The molecule has 1 N–H and O–H groups in total. The van der Waals surface area contributed by atoms with E-state index >= 15 is 0 Å². The van der Waals surface area contributed by atoms with Crippen LogP contribution >= 0.6 is 0 Å². The first-order valence-electron chi connectivity index (χ1n) is 11.8. The van der Waals surface area contributed by atoms with Crippen LogP contribution in [-0.4, -0.2) is 11.1 Å². The predicted octanol–water partition coefficient (Wildman–Crippen LogP) is 8.08. The Kier molecular flexibility index (Phi) is 7.86. The number of carbonyl (C=O) groups excluding carboxylic acids is 1. The lowest BCUT2D eigenvalue weighted by Crippen LogP contribution is -2.39. The Bertz CT molecular complexity index is 883. The number of aromatic hydroxyl groups is 1. The van der Waals surface area contributed by atoms with Gasteiger partial charge >= 0.3 is 5.97 Å². The van der Waals surface area contributed by atoms with Crippen molar-refractivity contribution < 1.29 is 14.6 Å². The lowest BCUT2D eigenvalue weighted by Gasteiger charge is -2.49. The fourth-order valence-corrected chi connectivity index (χ4v) is 4.43. The molecule has 0 saturated carbocycles. The van der Waals surface area contributed by atoms with Crippen molar-refractivity contribution in [1.29, 1.82) is 0 Å². The van der Waals surface area contributed by atoms with E-state index in [9.17, 15) is 9.90 Å². The summed E-state index contributed by atoms with van der Waals surface area (Å²) in [5.41, 5.74) is 2.66. The van der Waals surface area contributed by atoms with Gasteiger partial charge in [0.15, 0.2) is 0 Å².